The molecule has 0 unspecified atom stereocenters. The van der Waals surface area contributed by atoms with E-state index >= 15 is 0 Å². The number of nitrogens with zero attached hydrogens (tertiary/aromatic N) is 5. The second kappa shape index (κ2) is 6.38. The lowest BCUT2D eigenvalue weighted by Gasteiger charge is -2.08. The Morgan fingerprint density at radius 3 is 2.57 bits per heavy atom. The molecule has 0 aliphatic carbocycles. The smallest absolute Gasteiger partial charge is 0.358 e. The minimum atomic E-state index is -1.04. The molecule has 0 bridgehead atoms. The fourth-order valence-electron chi connectivity index (χ4n) is 2.27. The maximum atomic E-state index is 11.2. The van der Waals surface area contributed by atoms with Crippen LogP contribution in [0.2, 0.25) is 0 Å². The summed E-state index contributed by atoms with van der Waals surface area (Å²) in [5.74, 6) is -1.04. The summed E-state index contributed by atoms with van der Waals surface area (Å²) in [7, 11) is 0. The third-order valence-corrected chi connectivity index (χ3v) is 4.31. The molecule has 0 spiro atoms. The molecule has 0 aliphatic rings. The van der Waals surface area contributed by atoms with Crippen LogP contribution in [-0.2, 0) is 19.5 Å². The van der Waals surface area contributed by atoms with Crippen molar-refractivity contribution in [2.45, 2.75) is 46.7 Å². The zero-order valence-electron chi connectivity index (χ0n) is 12.3. The first-order chi connectivity index (χ1) is 9.99. The van der Waals surface area contributed by atoms with Crippen LogP contribution in [0.1, 0.15) is 47.8 Å². The molecule has 0 fully saturated rings. The van der Waals surface area contributed by atoms with E-state index in [2.05, 4.69) is 31.3 Å². The third kappa shape index (κ3) is 2.99. The van der Waals surface area contributed by atoms with E-state index in [0.29, 0.717) is 18.7 Å². The molecule has 8 heteroatoms. The second-order valence-electron chi connectivity index (χ2n) is 4.76. The van der Waals surface area contributed by atoms with Crippen LogP contribution in [0.5, 0.6) is 0 Å². The molecule has 2 aromatic rings. The summed E-state index contributed by atoms with van der Waals surface area (Å²) in [4.78, 5) is 11.2. The SMILES string of the molecule is CCCc1c(C(=O)O)nnn1Cc1c(Br)c(C)nn1CC. The monoisotopic (exact) mass is 355 g/mol. The van der Waals surface area contributed by atoms with Gasteiger partial charge in [-0.15, -0.1) is 5.10 Å². The van der Waals surface area contributed by atoms with E-state index in [9.17, 15) is 9.90 Å². The van der Waals surface area contributed by atoms with Crippen LogP contribution in [-0.4, -0.2) is 35.9 Å². The quantitative estimate of drug-likeness (QED) is 0.858. The van der Waals surface area contributed by atoms with Gasteiger partial charge in [-0.3, -0.25) is 4.68 Å². The van der Waals surface area contributed by atoms with Gasteiger partial charge in [0.25, 0.3) is 0 Å². The van der Waals surface area contributed by atoms with Gasteiger partial charge in [-0.25, -0.2) is 9.48 Å². The Bertz CT molecular complexity index is 662. The van der Waals surface area contributed by atoms with Crippen LogP contribution < -0.4 is 0 Å². The van der Waals surface area contributed by atoms with E-state index in [1.807, 2.05) is 25.5 Å². The number of hydrogen-bond acceptors (Lipinski definition) is 4. The minimum Gasteiger partial charge on any atom is -0.476 e. The lowest BCUT2D eigenvalue weighted by molar-refractivity contribution is 0.0689. The molecule has 0 aromatic carbocycles. The molecule has 0 atom stereocenters. The minimum absolute atomic E-state index is 0.0345. The van der Waals surface area contributed by atoms with E-state index in [0.717, 1.165) is 28.8 Å². The molecule has 0 radical (unpaired) electrons. The first-order valence-corrected chi connectivity index (χ1v) is 7.66. The van der Waals surface area contributed by atoms with Gasteiger partial charge in [0.2, 0.25) is 0 Å². The Labute approximate surface area is 131 Å². The number of aromatic carboxylic acids is 1. The predicted molar refractivity (Wildman–Crippen MR) is 80.4 cm³/mol. The van der Waals surface area contributed by atoms with Crippen molar-refractivity contribution >= 4 is 21.9 Å². The molecule has 0 aliphatic heterocycles. The zero-order valence-corrected chi connectivity index (χ0v) is 13.9. The molecule has 0 saturated heterocycles. The van der Waals surface area contributed by atoms with E-state index < -0.39 is 5.97 Å². The van der Waals surface area contributed by atoms with Gasteiger partial charge in [-0.2, -0.15) is 5.10 Å². The second-order valence-corrected chi connectivity index (χ2v) is 5.55. The average molecular weight is 356 g/mol. The summed E-state index contributed by atoms with van der Waals surface area (Å²) in [5.41, 5.74) is 2.56. The van der Waals surface area contributed by atoms with E-state index in [1.165, 1.54) is 0 Å². The Balaban J connectivity index is 2.42. The molecule has 7 nitrogen and oxygen atoms in total. The molecule has 114 valence electrons. The molecule has 2 heterocycles. The standard InChI is InChI=1S/C13H18BrN5O2/c1-4-6-9-12(13(20)21)15-17-19(9)7-10-11(14)8(3)16-18(10)5-2/h4-7H2,1-3H3,(H,20,21). The normalized spacial score (nSPS) is 11.0. The van der Waals surface area contributed by atoms with Crippen molar-refractivity contribution in [3.63, 3.8) is 0 Å². The highest BCUT2D eigenvalue weighted by Crippen LogP contribution is 2.22. The van der Waals surface area contributed by atoms with Crippen molar-refractivity contribution in [2.24, 2.45) is 0 Å². The van der Waals surface area contributed by atoms with Crippen molar-refractivity contribution < 1.29 is 9.90 Å². The number of halogens is 1. The largest absolute Gasteiger partial charge is 0.476 e. The highest BCUT2D eigenvalue weighted by molar-refractivity contribution is 9.10. The van der Waals surface area contributed by atoms with Gasteiger partial charge in [0, 0.05) is 6.54 Å². The van der Waals surface area contributed by atoms with Gasteiger partial charge >= 0.3 is 5.97 Å². The molecule has 1 N–H and O–H groups in total. The molecule has 0 amide bonds. The van der Waals surface area contributed by atoms with Crippen LogP contribution >= 0.6 is 15.9 Å². The van der Waals surface area contributed by atoms with Crippen molar-refractivity contribution in [3.05, 3.63) is 27.2 Å². The first kappa shape index (κ1) is 15.7. The summed E-state index contributed by atoms with van der Waals surface area (Å²) in [6.45, 7) is 7.13. The maximum absolute atomic E-state index is 11.2. The number of aromatic nitrogens is 5. The molecule has 0 saturated carbocycles. The third-order valence-electron chi connectivity index (χ3n) is 3.28. The summed E-state index contributed by atoms with van der Waals surface area (Å²) in [6.07, 6.45) is 1.46. The Morgan fingerprint density at radius 2 is 2.00 bits per heavy atom. The Kier molecular flexibility index (Phi) is 4.76. The first-order valence-electron chi connectivity index (χ1n) is 6.86. The fourth-order valence-corrected chi connectivity index (χ4v) is 2.68. The van der Waals surface area contributed by atoms with Gasteiger partial charge in [0.05, 0.1) is 28.1 Å². The number of carbonyl (C=O) groups is 1. The lowest BCUT2D eigenvalue weighted by atomic mass is 10.2. The van der Waals surface area contributed by atoms with Gasteiger partial charge in [-0.1, -0.05) is 18.6 Å². The Hall–Kier alpha value is -1.70. The van der Waals surface area contributed by atoms with Crippen LogP contribution in [0.15, 0.2) is 4.47 Å². The Morgan fingerprint density at radius 1 is 1.29 bits per heavy atom. The van der Waals surface area contributed by atoms with Gasteiger partial charge in [0.15, 0.2) is 5.69 Å². The summed E-state index contributed by atoms with van der Waals surface area (Å²) < 4.78 is 4.47. The maximum Gasteiger partial charge on any atom is 0.358 e. The van der Waals surface area contributed by atoms with Crippen LogP contribution in [0.3, 0.4) is 0 Å². The highest BCUT2D eigenvalue weighted by atomic mass is 79.9. The van der Waals surface area contributed by atoms with E-state index in [1.54, 1.807) is 4.68 Å². The number of carboxylic acids is 1. The van der Waals surface area contributed by atoms with Gasteiger partial charge in [0.1, 0.15) is 0 Å². The van der Waals surface area contributed by atoms with Crippen molar-refractivity contribution in [1.29, 1.82) is 0 Å². The average Bonchev–Trinajstić information content (AvgIpc) is 2.96. The van der Waals surface area contributed by atoms with E-state index in [-0.39, 0.29) is 5.69 Å². The summed E-state index contributed by atoms with van der Waals surface area (Å²) >= 11 is 3.54. The van der Waals surface area contributed by atoms with Crippen molar-refractivity contribution in [3.8, 4) is 0 Å². The molecule has 2 aromatic heterocycles. The summed E-state index contributed by atoms with van der Waals surface area (Å²) in [5, 5.41) is 21.4. The molecular weight excluding hydrogens is 338 g/mol. The number of hydrogen-bond donors (Lipinski definition) is 1. The predicted octanol–water partition coefficient (Wildman–Crippen LogP) is 2.26. The van der Waals surface area contributed by atoms with Crippen LogP contribution in [0.25, 0.3) is 0 Å². The highest BCUT2D eigenvalue weighted by Gasteiger charge is 2.20. The van der Waals surface area contributed by atoms with Gasteiger partial charge < -0.3 is 5.11 Å². The van der Waals surface area contributed by atoms with E-state index in [4.69, 9.17) is 0 Å². The van der Waals surface area contributed by atoms with Gasteiger partial charge in [-0.05, 0) is 36.2 Å². The van der Waals surface area contributed by atoms with Crippen molar-refractivity contribution in [1.82, 2.24) is 24.8 Å². The summed E-state index contributed by atoms with van der Waals surface area (Å²) in [6, 6.07) is 0. The topological polar surface area (TPSA) is 85.8 Å². The number of rotatable bonds is 6. The fraction of sp³-hybridized carbons (Fsp3) is 0.538. The molecular formula is C13H18BrN5O2. The number of aryl methyl sites for hydroxylation is 2. The number of carboxylic acid groups (broad SMARTS) is 1. The van der Waals surface area contributed by atoms with Crippen LogP contribution in [0.4, 0.5) is 0 Å². The van der Waals surface area contributed by atoms with Crippen molar-refractivity contribution in [2.75, 3.05) is 0 Å². The zero-order chi connectivity index (χ0) is 15.6. The molecule has 21 heavy (non-hydrogen) atoms. The van der Waals surface area contributed by atoms with Crippen LogP contribution in [0, 0.1) is 6.92 Å². The molecule has 2 rings (SSSR count). The lowest BCUT2D eigenvalue weighted by Crippen LogP contribution is -2.13.